The van der Waals surface area contributed by atoms with Gasteiger partial charge in [0.25, 0.3) is 0 Å². The van der Waals surface area contributed by atoms with Crippen LogP contribution in [0.2, 0.25) is 0 Å². The largest absolute Gasteiger partial charge is 0.313 e. The highest BCUT2D eigenvalue weighted by Gasteiger charge is 2.21. The lowest BCUT2D eigenvalue weighted by Crippen LogP contribution is -2.21. The number of hydrogen-bond donors (Lipinski definition) is 1. The van der Waals surface area contributed by atoms with E-state index in [0.29, 0.717) is 17.0 Å². The van der Waals surface area contributed by atoms with Gasteiger partial charge in [-0.3, -0.25) is 0 Å². The van der Waals surface area contributed by atoms with Crippen LogP contribution in [0.5, 0.6) is 0 Å². The number of nitrogens with one attached hydrogen (secondary N) is 1. The summed E-state index contributed by atoms with van der Waals surface area (Å²) in [6.45, 7) is 1.69. The van der Waals surface area contributed by atoms with E-state index in [2.05, 4.69) is 5.32 Å². The second kappa shape index (κ2) is 7.16. The Hall–Kier alpha value is -0.960. The fourth-order valence-corrected chi connectivity index (χ4v) is 3.28. The second-order valence-corrected chi connectivity index (χ2v) is 6.06. The second-order valence-electron chi connectivity index (χ2n) is 6.06. The van der Waals surface area contributed by atoms with Crippen LogP contribution < -0.4 is 5.32 Å². The summed E-state index contributed by atoms with van der Waals surface area (Å²) in [5, 5.41) is 3.21. The molecule has 1 saturated carbocycles. The zero-order valence-corrected chi connectivity index (χ0v) is 12.5. The number of hydrogen-bond acceptors (Lipinski definition) is 1. The minimum atomic E-state index is -0.462. The van der Waals surface area contributed by atoms with Crippen molar-refractivity contribution in [1.82, 2.24) is 5.32 Å². The molecule has 112 valence electrons. The van der Waals surface area contributed by atoms with E-state index < -0.39 is 11.6 Å². The molecule has 20 heavy (non-hydrogen) atoms. The van der Waals surface area contributed by atoms with Crippen molar-refractivity contribution in [3.05, 3.63) is 34.9 Å². The molecule has 0 heterocycles. The molecule has 1 aliphatic rings. The highest BCUT2D eigenvalue weighted by atomic mass is 19.1. The molecule has 0 radical (unpaired) electrons. The Morgan fingerprint density at radius 2 is 1.75 bits per heavy atom. The molecule has 0 aliphatic heterocycles. The SMILES string of the molecule is CNC(CC1CCCCCC1)c1cc(C)c(F)cc1F. The minimum absolute atomic E-state index is 0.0163. The molecule has 1 unspecified atom stereocenters. The number of rotatable bonds is 4. The summed E-state index contributed by atoms with van der Waals surface area (Å²) in [6, 6.07) is 2.65. The highest BCUT2D eigenvalue weighted by molar-refractivity contribution is 5.28. The zero-order valence-electron chi connectivity index (χ0n) is 12.5. The van der Waals surface area contributed by atoms with E-state index in [1.807, 2.05) is 7.05 Å². The smallest absolute Gasteiger partial charge is 0.130 e. The number of halogens is 2. The van der Waals surface area contributed by atoms with Crippen molar-refractivity contribution >= 4 is 0 Å². The predicted molar refractivity (Wildman–Crippen MR) is 78.7 cm³/mol. The lowest BCUT2D eigenvalue weighted by molar-refractivity contribution is 0.361. The van der Waals surface area contributed by atoms with E-state index in [1.54, 1.807) is 13.0 Å². The minimum Gasteiger partial charge on any atom is -0.313 e. The Kier molecular flexibility index (Phi) is 5.53. The van der Waals surface area contributed by atoms with Crippen LogP contribution in [-0.2, 0) is 0 Å². The average Bonchev–Trinajstić information content (AvgIpc) is 2.69. The van der Waals surface area contributed by atoms with Gasteiger partial charge in [0, 0.05) is 17.7 Å². The first-order valence-electron chi connectivity index (χ1n) is 7.74. The molecule has 0 bridgehead atoms. The summed E-state index contributed by atoms with van der Waals surface area (Å²) in [7, 11) is 1.86. The molecule has 1 fully saturated rings. The van der Waals surface area contributed by atoms with E-state index in [9.17, 15) is 8.78 Å². The molecule has 0 aromatic heterocycles. The van der Waals surface area contributed by atoms with Crippen LogP contribution in [0.25, 0.3) is 0 Å². The van der Waals surface area contributed by atoms with E-state index in [4.69, 9.17) is 0 Å². The van der Waals surface area contributed by atoms with Gasteiger partial charge >= 0.3 is 0 Å². The van der Waals surface area contributed by atoms with Crippen molar-refractivity contribution < 1.29 is 8.78 Å². The molecule has 0 amide bonds. The summed E-state index contributed by atoms with van der Waals surface area (Å²) in [4.78, 5) is 0. The average molecular weight is 281 g/mol. The van der Waals surface area contributed by atoms with Crippen molar-refractivity contribution in [2.24, 2.45) is 5.92 Å². The predicted octanol–water partition coefficient (Wildman–Crippen LogP) is 4.89. The molecule has 1 aromatic carbocycles. The van der Waals surface area contributed by atoms with Crippen molar-refractivity contribution in [1.29, 1.82) is 0 Å². The summed E-state index contributed by atoms with van der Waals surface area (Å²) < 4.78 is 27.4. The quantitative estimate of drug-likeness (QED) is 0.774. The van der Waals surface area contributed by atoms with Gasteiger partial charge in [0.15, 0.2) is 0 Å². The van der Waals surface area contributed by atoms with E-state index >= 15 is 0 Å². The summed E-state index contributed by atoms with van der Waals surface area (Å²) in [6.07, 6.45) is 8.63. The maximum atomic E-state index is 14.0. The summed E-state index contributed by atoms with van der Waals surface area (Å²) in [5.74, 6) is -0.239. The van der Waals surface area contributed by atoms with Crippen LogP contribution >= 0.6 is 0 Å². The third-order valence-electron chi connectivity index (χ3n) is 4.55. The first-order chi connectivity index (χ1) is 9.61. The van der Waals surface area contributed by atoms with Gasteiger partial charge in [-0.25, -0.2) is 8.78 Å². The van der Waals surface area contributed by atoms with Crippen LogP contribution in [0.4, 0.5) is 8.78 Å². The van der Waals surface area contributed by atoms with Crippen LogP contribution in [-0.4, -0.2) is 7.05 Å². The lowest BCUT2D eigenvalue weighted by Gasteiger charge is -2.23. The van der Waals surface area contributed by atoms with Gasteiger partial charge in [-0.05, 0) is 37.9 Å². The Labute approximate surface area is 120 Å². The van der Waals surface area contributed by atoms with Gasteiger partial charge in [-0.2, -0.15) is 0 Å². The Morgan fingerprint density at radius 3 is 2.35 bits per heavy atom. The van der Waals surface area contributed by atoms with Crippen molar-refractivity contribution in [3.8, 4) is 0 Å². The zero-order chi connectivity index (χ0) is 14.5. The topological polar surface area (TPSA) is 12.0 Å². The van der Waals surface area contributed by atoms with E-state index in [0.717, 1.165) is 12.5 Å². The monoisotopic (exact) mass is 281 g/mol. The number of benzene rings is 1. The molecule has 1 aliphatic carbocycles. The first-order valence-corrected chi connectivity index (χ1v) is 7.74. The molecule has 2 rings (SSSR count). The Bertz CT molecular complexity index is 437. The fraction of sp³-hybridized carbons (Fsp3) is 0.647. The maximum Gasteiger partial charge on any atom is 0.130 e. The standard InChI is InChI=1S/C17H25F2N/c1-12-9-14(16(19)11-15(12)18)17(20-2)10-13-7-5-3-4-6-8-13/h9,11,13,17,20H,3-8,10H2,1-2H3. The van der Waals surface area contributed by atoms with Gasteiger partial charge in [0.2, 0.25) is 0 Å². The molecule has 3 heteroatoms. The summed E-state index contributed by atoms with van der Waals surface area (Å²) >= 11 is 0. The van der Waals surface area contributed by atoms with Gasteiger partial charge < -0.3 is 5.32 Å². The first kappa shape index (κ1) is 15.4. The fourth-order valence-electron chi connectivity index (χ4n) is 3.28. The molecular formula is C17H25F2N. The van der Waals surface area contributed by atoms with Gasteiger partial charge in [-0.15, -0.1) is 0 Å². The third kappa shape index (κ3) is 3.78. The third-order valence-corrected chi connectivity index (χ3v) is 4.55. The van der Waals surface area contributed by atoms with Crippen LogP contribution in [0.15, 0.2) is 12.1 Å². The van der Waals surface area contributed by atoms with Gasteiger partial charge in [0.05, 0.1) is 0 Å². The molecule has 0 spiro atoms. The van der Waals surface area contributed by atoms with Crippen LogP contribution in [0.1, 0.15) is 62.1 Å². The van der Waals surface area contributed by atoms with Crippen molar-refractivity contribution in [2.75, 3.05) is 7.05 Å². The molecule has 1 N–H and O–H groups in total. The molecule has 1 atom stereocenters. The Morgan fingerprint density at radius 1 is 1.10 bits per heavy atom. The van der Waals surface area contributed by atoms with Crippen molar-refractivity contribution in [3.63, 3.8) is 0 Å². The number of aryl methyl sites for hydroxylation is 1. The Balaban J connectivity index is 2.13. The van der Waals surface area contributed by atoms with Gasteiger partial charge in [0.1, 0.15) is 11.6 Å². The summed E-state index contributed by atoms with van der Waals surface area (Å²) in [5.41, 5.74) is 1.12. The van der Waals surface area contributed by atoms with E-state index in [-0.39, 0.29) is 6.04 Å². The molecule has 1 aromatic rings. The van der Waals surface area contributed by atoms with Crippen LogP contribution in [0, 0.1) is 24.5 Å². The van der Waals surface area contributed by atoms with Gasteiger partial charge in [-0.1, -0.05) is 38.5 Å². The highest BCUT2D eigenvalue weighted by Crippen LogP contribution is 2.32. The lowest BCUT2D eigenvalue weighted by atomic mass is 9.89. The molecule has 1 nitrogen and oxygen atoms in total. The van der Waals surface area contributed by atoms with Crippen LogP contribution in [0.3, 0.4) is 0 Å². The van der Waals surface area contributed by atoms with E-state index in [1.165, 1.54) is 38.5 Å². The molecule has 0 saturated heterocycles. The maximum absolute atomic E-state index is 14.0. The normalized spacial score (nSPS) is 18.8. The molecular weight excluding hydrogens is 256 g/mol. The van der Waals surface area contributed by atoms with Crippen molar-refractivity contribution in [2.45, 2.75) is 57.9 Å².